The molecule has 2 heterocycles. The lowest BCUT2D eigenvalue weighted by molar-refractivity contribution is -0.114. The minimum absolute atomic E-state index is 0.0211. The van der Waals surface area contributed by atoms with Gasteiger partial charge in [0.2, 0.25) is 19.4 Å². The number of rotatable bonds is 9. The zero-order valence-electron chi connectivity index (χ0n) is 20.6. The van der Waals surface area contributed by atoms with Crippen LogP contribution in [0.2, 0.25) is 0 Å². The second kappa shape index (κ2) is 11.2. The first kappa shape index (κ1) is 26.4. The lowest BCUT2D eigenvalue weighted by atomic mass is 10.1. The van der Waals surface area contributed by atoms with Gasteiger partial charge in [0.15, 0.2) is 17.3 Å². The Morgan fingerprint density at radius 2 is 1.89 bits per heavy atom. The number of nitrogens with zero attached hydrogens (tertiary/aromatic N) is 3. The van der Waals surface area contributed by atoms with Crippen LogP contribution in [0.25, 0.3) is 6.08 Å². The normalized spacial score (nSPS) is 16.4. The number of carbonyl (C=O) groups excluding carboxylic acids is 1. The van der Waals surface area contributed by atoms with E-state index in [1.165, 1.54) is 20.1 Å². The number of fused-ring (bicyclic) bond motifs is 1. The summed E-state index contributed by atoms with van der Waals surface area (Å²) in [4.78, 5) is 16.5. The van der Waals surface area contributed by atoms with E-state index >= 15 is 0 Å². The predicted molar refractivity (Wildman–Crippen MR) is 144 cm³/mol. The van der Waals surface area contributed by atoms with Gasteiger partial charge in [-0.2, -0.15) is 10.0 Å². The molecule has 10 nitrogen and oxygen atoms in total. The fourth-order valence-corrected chi connectivity index (χ4v) is 5.58. The fourth-order valence-electron chi connectivity index (χ4n) is 3.42. The van der Waals surface area contributed by atoms with Gasteiger partial charge in [-0.15, -0.1) is 5.10 Å². The third-order valence-corrected chi connectivity index (χ3v) is 8.47. The van der Waals surface area contributed by atoms with Crippen molar-refractivity contribution < 1.29 is 27.4 Å². The molecule has 0 saturated heterocycles. The number of ether oxygens (including phenoxy) is 3. The van der Waals surface area contributed by atoms with E-state index in [2.05, 4.69) is 10.1 Å². The number of nitrogens with one attached hydrogen (secondary N) is 1. The number of methoxy groups -OCH3 is 1. The average molecular weight is 543 g/mol. The first-order chi connectivity index (χ1) is 17.7. The van der Waals surface area contributed by atoms with Gasteiger partial charge in [0.05, 0.1) is 31.6 Å². The minimum Gasteiger partial charge on any atom is -0.493 e. The molecule has 0 saturated carbocycles. The van der Waals surface area contributed by atoms with E-state index in [1.54, 1.807) is 18.2 Å². The Hall–Kier alpha value is -3.64. The molecule has 37 heavy (non-hydrogen) atoms. The Bertz CT molecular complexity index is 1430. The number of carbonyl (C=O) groups is 1. The summed E-state index contributed by atoms with van der Waals surface area (Å²) in [7, 11) is -2.08. The highest BCUT2D eigenvalue weighted by atomic mass is 32.3. The van der Waals surface area contributed by atoms with Gasteiger partial charge in [-0.25, -0.2) is 8.42 Å². The van der Waals surface area contributed by atoms with E-state index in [0.29, 0.717) is 36.7 Å². The van der Waals surface area contributed by atoms with Crippen molar-refractivity contribution in [2.75, 3.05) is 26.1 Å². The van der Waals surface area contributed by atoms with Gasteiger partial charge in [-0.1, -0.05) is 25.1 Å². The zero-order chi connectivity index (χ0) is 26.6. The number of hydrogen-bond acceptors (Lipinski definition) is 9. The molecule has 12 heteroatoms. The van der Waals surface area contributed by atoms with Gasteiger partial charge < -0.3 is 14.2 Å². The van der Waals surface area contributed by atoms with Crippen molar-refractivity contribution in [3.8, 4) is 17.2 Å². The number of benzene rings is 2. The second-order valence-electron chi connectivity index (χ2n) is 8.07. The van der Waals surface area contributed by atoms with Crippen LogP contribution in [0.4, 0.5) is 0 Å². The topological polar surface area (TPSA) is 131 Å². The summed E-state index contributed by atoms with van der Waals surface area (Å²) >= 11 is 0.764. The van der Waals surface area contributed by atoms with Crippen molar-refractivity contribution in [3.05, 3.63) is 59.2 Å². The smallest absolute Gasteiger partial charge is 0.283 e. The maximum absolute atomic E-state index is 12.6. The minimum atomic E-state index is -3.59. The number of hydrazone groups is 1. The number of aliphatic imine (C=N–C) groups is 1. The number of thioether (sulfide) groups is 1. The summed E-state index contributed by atoms with van der Waals surface area (Å²) in [6, 6.07) is 13.0. The summed E-state index contributed by atoms with van der Waals surface area (Å²) in [6.07, 6.45) is 2.15. The highest BCUT2D eigenvalue weighted by molar-refractivity contribution is 8.42. The zero-order valence-corrected chi connectivity index (χ0v) is 22.2. The molecule has 2 aromatic carbocycles. The average Bonchev–Trinajstić information content (AvgIpc) is 3.32. The quantitative estimate of drug-likeness (QED) is 0.373. The van der Waals surface area contributed by atoms with E-state index in [4.69, 9.17) is 19.6 Å². The van der Waals surface area contributed by atoms with Crippen molar-refractivity contribution in [1.29, 1.82) is 5.41 Å². The van der Waals surface area contributed by atoms with Gasteiger partial charge >= 0.3 is 0 Å². The molecule has 1 amide bonds. The Labute approximate surface area is 219 Å². The first-order valence-corrected chi connectivity index (χ1v) is 13.9. The predicted octanol–water partition coefficient (Wildman–Crippen LogP) is 3.86. The molecular weight excluding hydrogens is 516 g/mol. The molecule has 2 aliphatic heterocycles. The summed E-state index contributed by atoms with van der Waals surface area (Å²) in [5.74, 6) is 0.756. The van der Waals surface area contributed by atoms with E-state index in [9.17, 15) is 13.2 Å². The Kier molecular flexibility index (Phi) is 7.98. The Morgan fingerprint density at radius 3 is 2.62 bits per heavy atom. The molecule has 194 valence electrons. The van der Waals surface area contributed by atoms with Gasteiger partial charge in [0.25, 0.3) is 5.91 Å². The maximum atomic E-state index is 12.6. The van der Waals surface area contributed by atoms with E-state index in [1.807, 2.05) is 31.2 Å². The number of amides is 1. The van der Waals surface area contributed by atoms with Crippen molar-refractivity contribution in [2.24, 2.45) is 10.1 Å². The molecule has 0 radical (unpaired) electrons. The van der Waals surface area contributed by atoms with Crippen molar-refractivity contribution in [2.45, 2.75) is 20.3 Å². The number of amidine groups is 2. The van der Waals surface area contributed by atoms with Crippen LogP contribution in [-0.4, -0.2) is 60.8 Å². The highest BCUT2D eigenvalue weighted by Crippen LogP contribution is 2.32. The summed E-state index contributed by atoms with van der Waals surface area (Å²) < 4.78 is 41.2. The molecule has 0 atom stereocenters. The summed E-state index contributed by atoms with van der Waals surface area (Å²) in [5, 5.41) is 13.5. The van der Waals surface area contributed by atoms with E-state index in [-0.39, 0.29) is 26.7 Å². The van der Waals surface area contributed by atoms with Gasteiger partial charge in [-0.05, 0) is 60.2 Å². The molecule has 1 N–H and O–H groups in total. The largest absolute Gasteiger partial charge is 0.493 e. The van der Waals surface area contributed by atoms with Crippen LogP contribution in [0, 0.1) is 12.3 Å². The Morgan fingerprint density at radius 1 is 1.11 bits per heavy atom. The van der Waals surface area contributed by atoms with Crippen molar-refractivity contribution >= 4 is 49.0 Å². The van der Waals surface area contributed by atoms with Crippen LogP contribution in [0.3, 0.4) is 0 Å². The molecule has 2 aromatic rings. The van der Waals surface area contributed by atoms with E-state index < -0.39 is 15.7 Å². The fraction of sp³-hybridized carbons (Fsp3) is 0.280. The molecule has 0 aromatic heterocycles. The third kappa shape index (κ3) is 6.03. The maximum Gasteiger partial charge on any atom is 0.283 e. The molecule has 0 fully saturated rings. The van der Waals surface area contributed by atoms with Crippen LogP contribution >= 0.6 is 11.8 Å². The molecule has 0 unspecified atom stereocenters. The van der Waals surface area contributed by atoms with Gasteiger partial charge in [-0.3, -0.25) is 10.2 Å². The monoisotopic (exact) mass is 542 g/mol. The van der Waals surface area contributed by atoms with Crippen LogP contribution in [0.15, 0.2) is 58.1 Å². The summed E-state index contributed by atoms with van der Waals surface area (Å²) in [5.41, 5.74) is 1.69. The van der Waals surface area contributed by atoms with Crippen LogP contribution in [0.1, 0.15) is 24.5 Å². The lowest BCUT2D eigenvalue weighted by Crippen LogP contribution is -2.35. The molecule has 2 aliphatic rings. The first-order valence-electron chi connectivity index (χ1n) is 11.4. The molecule has 0 spiro atoms. The second-order valence-corrected chi connectivity index (χ2v) is 11.5. The number of sulfone groups is 1. The van der Waals surface area contributed by atoms with Crippen molar-refractivity contribution in [1.82, 2.24) is 5.01 Å². The summed E-state index contributed by atoms with van der Waals surface area (Å²) in [6.45, 7) is 4.42. The SMILES string of the molecule is CCS(=O)(=O)C1=NN2C(=N)/C(=C\c3ccc(OCCCOc4cccc(C)c4)c(OC)c3)C(=O)N=C2S1. The van der Waals surface area contributed by atoms with E-state index in [0.717, 1.165) is 28.1 Å². The van der Waals surface area contributed by atoms with Crippen LogP contribution in [0.5, 0.6) is 17.2 Å². The van der Waals surface area contributed by atoms with Crippen molar-refractivity contribution in [3.63, 3.8) is 0 Å². The van der Waals surface area contributed by atoms with Crippen LogP contribution < -0.4 is 14.2 Å². The molecule has 0 bridgehead atoms. The molecule has 0 aliphatic carbocycles. The standard InChI is InChI=1S/C25H26N4O6S2/c1-4-37(31,32)25-28-29-22(26)19(23(30)27-24(29)36-25)14-17-9-10-20(21(15-17)33-3)35-12-6-11-34-18-8-5-7-16(2)13-18/h5,7-10,13-15,26H,4,6,11-12H2,1-3H3/b19-14+,26-22?. The third-order valence-electron chi connectivity index (χ3n) is 5.39. The Balaban J connectivity index is 1.42. The lowest BCUT2D eigenvalue weighted by Gasteiger charge is -2.20. The molecule has 4 rings (SSSR count). The highest BCUT2D eigenvalue weighted by Gasteiger charge is 2.39. The number of hydrogen-bond donors (Lipinski definition) is 1. The van der Waals surface area contributed by atoms with Gasteiger partial charge in [0, 0.05) is 6.42 Å². The van der Waals surface area contributed by atoms with Crippen LogP contribution in [-0.2, 0) is 14.6 Å². The van der Waals surface area contributed by atoms with Gasteiger partial charge in [0.1, 0.15) is 5.75 Å². The molecular formula is C25H26N4O6S2. The number of aryl methyl sites for hydroxylation is 1.